The maximum Gasteiger partial charge on any atom is 0.416 e. The Hall–Kier alpha value is -1.29. The molecule has 0 heterocycles. The van der Waals surface area contributed by atoms with E-state index in [0.29, 0.717) is 12.8 Å². The molecule has 2 N–H and O–H groups in total. The number of halogens is 3. The Bertz CT molecular complexity index is 396. The number of nitrogens with two attached hydrogens (primary N) is 1. The van der Waals surface area contributed by atoms with Crippen LogP contribution < -0.4 is 5.73 Å². The Labute approximate surface area is 99.1 Å². The number of hydrogen-bond acceptors (Lipinski definition) is 1. The SMILES string of the molecule is C=C(C)CCC(N)c1ccccc1C(F)(F)F. The number of alkyl halides is 3. The minimum absolute atomic E-state index is 0.154. The summed E-state index contributed by atoms with van der Waals surface area (Å²) in [4.78, 5) is 0. The molecule has 0 aromatic heterocycles. The van der Waals surface area contributed by atoms with E-state index in [9.17, 15) is 13.2 Å². The third-order valence-electron chi connectivity index (χ3n) is 2.55. The van der Waals surface area contributed by atoms with Gasteiger partial charge in [-0.05, 0) is 31.4 Å². The maximum absolute atomic E-state index is 12.7. The van der Waals surface area contributed by atoms with Gasteiger partial charge in [-0.3, -0.25) is 0 Å². The second kappa shape index (κ2) is 5.36. The molecule has 4 heteroatoms. The Balaban J connectivity index is 2.93. The normalized spacial score (nSPS) is 13.5. The van der Waals surface area contributed by atoms with Crippen LogP contribution in [0.1, 0.15) is 36.9 Å². The number of hydrogen-bond donors (Lipinski definition) is 1. The van der Waals surface area contributed by atoms with Crippen LogP contribution in [0.3, 0.4) is 0 Å². The molecule has 0 saturated heterocycles. The van der Waals surface area contributed by atoms with Crippen molar-refractivity contribution in [2.45, 2.75) is 32.0 Å². The Morgan fingerprint density at radius 3 is 2.47 bits per heavy atom. The maximum atomic E-state index is 12.7. The van der Waals surface area contributed by atoms with Crippen LogP contribution in [0.2, 0.25) is 0 Å². The van der Waals surface area contributed by atoms with Crippen molar-refractivity contribution in [2.24, 2.45) is 5.73 Å². The molecule has 1 aromatic carbocycles. The lowest BCUT2D eigenvalue weighted by Crippen LogP contribution is -2.17. The van der Waals surface area contributed by atoms with Gasteiger partial charge >= 0.3 is 6.18 Å². The molecule has 0 aliphatic carbocycles. The minimum Gasteiger partial charge on any atom is -0.324 e. The quantitative estimate of drug-likeness (QED) is 0.793. The van der Waals surface area contributed by atoms with Gasteiger partial charge < -0.3 is 5.73 Å². The summed E-state index contributed by atoms with van der Waals surface area (Å²) >= 11 is 0. The lowest BCUT2D eigenvalue weighted by atomic mass is 9.96. The van der Waals surface area contributed by atoms with Gasteiger partial charge in [0.05, 0.1) is 5.56 Å². The van der Waals surface area contributed by atoms with E-state index in [2.05, 4.69) is 6.58 Å². The van der Waals surface area contributed by atoms with E-state index in [1.807, 2.05) is 6.92 Å². The molecule has 0 aliphatic rings. The fraction of sp³-hybridized carbons (Fsp3) is 0.385. The van der Waals surface area contributed by atoms with E-state index in [4.69, 9.17) is 5.73 Å². The second-order valence-electron chi connectivity index (χ2n) is 4.19. The zero-order chi connectivity index (χ0) is 13.1. The highest BCUT2D eigenvalue weighted by atomic mass is 19.4. The van der Waals surface area contributed by atoms with Crippen LogP contribution >= 0.6 is 0 Å². The molecule has 0 spiro atoms. The molecule has 0 aliphatic heterocycles. The smallest absolute Gasteiger partial charge is 0.324 e. The first-order chi connectivity index (χ1) is 7.82. The molecular weight excluding hydrogens is 227 g/mol. The molecule has 1 rings (SSSR count). The molecule has 0 fully saturated rings. The molecule has 1 atom stereocenters. The van der Waals surface area contributed by atoms with Gasteiger partial charge in [-0.1, -0.05) is 23.8 Å². The monoisotopic (exact) mass is 243 g/mol. The largest absolute Gasteiger partial charge is 0.416 e. The zero-order valence-corrected chi connectivity index (χ0v) is 9.72. The van der Waals surface area contributed by atoms with Crippen molar-refractivity contribution in [3.05, 3.63) is 47.5 Å². The molecule has 1 unspecified atom stereocenters. The lowest BCUT2D eigenvalue weighted by molar-refractivity contribution is -0.138. The van der Waals surface area contributed by atoms with Crippen LogP contribution in [0, 0.1) is 0 Å². The zero-order valence-electron chi connectivity index (χ0n) is 9.72. The molecule has 94 valence electrons. The molecule has 1 aromatic rings. The predicted octanol–water partition coefficient (Wildman–Crippen LogP) is 4.06. The Morgan fingerprint density at radius 1 is 1.35 bits per heavy atom. The molecule has 0 amide bonds. The average molecular weight is 243 g/mol. The van der Waals surface area contributed by atoms with Crippen LogP contribution in [0.25, 0.3) is 0 Å². The third kappa shape index (κ3) is 3.89. The van der Waals surface area contributed by atoms with E-state index in [1.54, 1.807) is 6.07 Å². The number of allylic oxidation sites excluding steroid dienone is 1. The van der Waals surface area contributed by atoms with Gasteiger partial charge in [0.2, 0.25) is 0 Å². The highest BCUT2D eigenvalue weighted by molar-refractivity contribution is 5.32. The van der Waals surface area contributed by atoms with Crippen molar-refractivity contribution in [3.8, 4) is 0 Å². The fourth-order valence-electron chi connectivity index (χ4n) is 1.64. The lowest BCUT2D eigenvalue weighted by Gasteiger charge is -2.18. The van der Waals surface area contributed by atoms with Crippen molar-refractivity contribution >= 4 is 0 Å². The second-order valence-corrected chi connectivity index (χ2v) is 4.19. The van der Waals surface area contributed by atoms with Gasteiger partial charge in [0.1, 0.15) is 0 Å². The van der Waals surface area contributed by atoms with E-state index in [0.717, 1.165) is 11.6 Å². The summed E-state index contributed by atoms with van der Waals surface area (Å²) in [5.41, 5.74) is 6.23. The summed E-state index contributed by atoms with van der Waals surface area (Å²) in [5, 5.41) is 0. The standard InChI is InChI=1S/C13H16F3N/c1-9(2)7-8-12(17)10-5-3-4-6-11(10)13(14,15)16/h3-6,12H,1,7-8,17H2,2H3. The molecule has 0 bridgehead atoms. The van der Waals surface area contributed by atoms with Crippen LogP contribution in [0.4, 0.5) is 13.2 Å². The van der Waals surface area contributed by atoms with Crippen LogP contribution in [0.15, 0.2) is 36.4 Å². The third-order valence-corrected chi connectivity index (χ3v) is 2.55. The van der Waals surface area contributed by atoms with Crippen molar-refractivity contribution in [1.29, 1.82) is 0 Å². The Kier molecular flexibility index (Phi) is 4.34. The van der Waals surface area contributed by atoms with Gasteiger partial charge in [-0.25, -0.2) is 0 Å². The highest BCUT2D eigenvalue weighted by Gasteiger charge is 2.34. The van der Waals surface area contributed by atoms with Gasteiger partial charge in [-0.2, -0.15) is 13.2 Å². The fourth-order valence-corrected chi connectivity index (χ4v) is 1.64. The van der Waals surface area contributed by atoms with Gasteiger partial charge in [0.25, 0.3) is 0 Å². The van der Waals surface area contributed by atoms with Crippen molar-refractivity contribution in [1.82, 2.24) is 0 Å². The minimum atomic E-state index is -4.35. The summed E-state index contributed by atoms with van der Waals surface area (Å²) < 4.78 is 38.2. The van der Waals surface area contributed by atoms with E-state index in [1.165, 1.54) is 12.1 Å². The molecule has 1 nitrogen and oxygen atoms in total. The highest BCUT2D eigenvalue weighted by Crippen LogP contribution is 2.35. The molecule has 0 saturated carbocycles. The first kappa shape index (κ1) is 13.8. The summed E-state index contributed by atoms with van der Waals surface area (Å²) in [6, 6.07) is 4.84. The van der Waals surface area contributed by atoms with Crippen LogP contribution in [-0.4, -0.2) is 0 Å². The van der Waals surface area contributed by atoms with Gasteiger partial charge in [0.15, 0.2) is 0 Å². The predicted molar refractivity (Wildman–Crippen MR) is 62.4 cm³/mol. The average Bonchev–Trinajstić information content (AvgIpc) is 2.24. The molecule has 0 radical (unpaired) electrons. The van der Waals surface area contributed by atoms with Crippen molar-refractivity contribution in [3.63, 3.8) is 0 Å². The summed E-state index contributed by atoms with van der Waals surface area (Å²) in [6.07, 6.45) is -3.24. The van der Waals surface area contributed by atoms with Gasteiger partial charge in [0, 0.05) is 6.04 Å². The van der Waals surface area contributed by atoms with E-state index in [-0.39, 0.29) is 5.56 Å². The van der Waals surface area contributed by atoms with E-state index >= 15 is 0 Å². The number of rotatable bonds is 4. The Morgan fingerprint density at radius 2 is 1.94 bits per heavy atom. The summed E-state index contributed by atoms with van der Waals surface area (Å²) in [7, 11) is 0. The molecule has 17 heavy (non-hydrogen) atoms. The summed E-state index contributed by atoms with van der Waals surface area (Å²) in [5.74, 6) is 0. The van der Waals surface area contributed by atoms with E-state index < -0.39 is 17.8 Å². The first-order valence-electron chi connectivity index (χ1n) is 5.38. The van der Waals surface area contributed by atoms with Gasteiger partial charge in [-0.15, -0.1) is 6.58 Å². The first-order valence-corrected chi connectivity index (χ1v) is 5.38. The van der Waals surface area contributed by atoms with Crippen molar-refractivity contribution in [2.75, 3.05) is 0 Å². The summed E-state index contributed by atoms with van der Waals surface area (Å²) in [6.45, 7) is 5.55. The van der Waals surface area contributed by atoms with Crippen LogP contribution in [-0.2, 0) is 6.18 Å². The number of benzene rings is 1. The molecular formula is C13H16F3N. The van der Waals surface area contributed by atoms with Crippen molar-refractivity contribution < 1.29 is 13.2 Å². The topological polar surface area (TPSA) is 26.0 Å². The van der Waals surface area contributed by atoms with Crippen LogP contribution in [0.5, 0.6) is 0 Å².